The normalized spacial score (nSPS) is 19.5. The molecule has 0 aromatic heterocycles. The Bertz CT molecular complexity index is 481. The average Bonchev–Trinajstić information content (AvgIpc) is 2.75. The van der Waals surface area contributed by atoms with Gasteiger partial charge in [-0.2, -0.15) is 0 Å². The monoisotopic (exact) mass is 307 g/mol. The lowest BCUT2D eigenvalue weighted by atomic mass is 10.1. The number of nitrogens with one attached hydrogen (secondary N) is 1. The first-order chi connectivity index (χ1) is 10.7. The van der Waals surface area contributed by atoms with Crippen LogP contribution in [0.25, 0.3) is 0 Å². The van der Waals surface area contributed by atoms with Crippen molar-refractivity contribution in [3.8, 4) is 5.75 Å². The molecule has 122 valence electrons. The molecule has 1 aromatic rings. The summed E-state index contributed by atoms with van der Waals surface area (Å²) in [6.07, 6.45) is 0. The number of ether oxygens (including phenoxy) is 2. The van der Waals surface area contributed by atoms with Crippen LogP contribution in [0.3, 0.4) is 0 Å². The second kappa shape index (κ2) is 8.73. The average molecular weight is 307 g/mol. The minimum absolute atomic E-state index is 0.0925. The first-order valence-electron chi connectivity index (χ1n) is 7.66. The van der Waals surface area contributed by atoms with Crippen LogP contribution in [0.5, 0.6) is 5.75 Å². The van der Waals surface area contributed by atoms with E-state index >= 15 is 0 Å². The van der Waals surface area contributed by atoms with Crippen LogP contribution in [0.15, 0.2) is 24.3 Å². The zero-order valence-corrected chi connectivity index (χ0v) is 13.1. The van der Waals surface area contributed by atoms with Gasteiger partial charge in [-0.25, -0.2) is 0 Å². The lowest BCUT2D eigenvalue weighted by molar-refractivity contribution is 0.0921. The maximum atomic E-state index is 12.2. The summed E-state index contributed by atoms with van der Waals surface area (Å²) in [6, 6.07) is 7.14. The van der Waals surface area contributed by atoms with Crippen molar-refractivity contribution in [2.75, 3.05) is 53.0 Å². The molecule has 1 atom stereocenters. The SMILES string of the molecule is CN1CCOC[C@H](CNC(=O)c2cccc(OCCN)c2)C1. The number of amides is 1. The number of hydrogen-bond donors (Lipinski definition) is 2. The summed E-state index contributed by atoms with van der Waals surface area (Å²) >= 11 is 0. The molecule has 1 fully saturated rings. The molecule has 1 amide bonds. The third-order valence-electron chi connectivity index (χ3n) is 3.57. The maximum absolute atomic E-state index is 12.2. The van der Waals surface area contributed by atoms with Crippen molar-refractivity contribution < 1.29 is 14.3 Å². The summed E-state index contributed by atoms with van der Waals surface area (Å²) in [6.45, 7) is 4.80. The second-order valence-corrected chi connectivity index (χ2v) is 5.58. The molecule has 0 aliphatic carbocycles. The summed E-state index contributed by atoms with van der Waals surface area (Å²) in [5, 5.41) is 2.97. The maximum Gasteiger partial charge on any atom is 0.251 e. The first-order valence-corrected chi connectivity index (χ1v) is 7.66. The van der Waals surface area contributed by atoms with E-state index in [1.165, 1.54) is 0 Å². The summed E-state index contributed by atoms with van der Waals surface area (Å²) in [7, 11) is 2.07. The van der Waals surface area contributed by atoms with Crippen LogP contribution in [0, 0.1) is 5.92 Å². The van der Waals surface area contributed by atoms with Crippen LogP contribution in [0.4, 0.5) is 0 Å². The lowest BCUT2D eigenvalue weighted by Gasteiger charge is -2.19. The van der Waals surface area contributed by atoms with Gasteiger partial charge in [-0.1, -0.05) is 6.07 Å². The van der Waals surface area contributed by atoms with E-state index in [4.69, 9.17) is 15.2 Å². The Morgan fingerprint density at radius 2 is 2.41 bits per heavy atom. The first kappa shape index (κ1) is 16.7. The van der Waals surface area contributed by atoms with Gasteiger partial charge in [0.25, 0.3) is 5.91 Å². The van der Waals surface area contributed by atoms with Gasteiger partial charge in [0.1, 0.15) is 12.4 Å². The third kappa shape index (κ3) is 5.29. The van der Waals surface area contributed by atoms with Gasteiger partial charge in [-0.3, -0.25) is 4.79 Å². The van der Waals surface area contributed by atoms with E-state index in [2.05, 4.69) is 17.3 Å². The van der Waals surface area contributed by atoms with E-state index in [0.717, 1.165) is 19.7 Å². The van der Waals surface area contributed by atoms with Gasteiger partial charge >= 0.3 is 0 Å². The Labute approximate surface area is 131 Å². The minimum Gasteiger partial charge on any atom is -0.492 e. The molecule has 2 rings (SSSR count). The Morgan fingerprint density at radius 1 is 1.55 bits per heavy atom. The number of carbonyl (C=O) groups is 1. The highest BCUT2D eigenvalue weighted by Gasteiger charge is 2.17. The zero-order chi connectivity index (χ0) is 15.8. The van der Waals surface area contributed by atoms with Crippen LogP contribution in [0.2, 0.25) is 0 Å². The topological polar surface area (TPSA) is 76.8 Å². The van der Waals surface area contributed by atoms with E-state index in [1.54, 1.807) is 12.1 Å². The second-order valence-electron chi connectivity index (χ2n) is 5.58. The molecule has 0 bridgehead atoms. The Kier molecular flexibility index (Phi) is 6.64. The summed E-state index contributed by atoms with van der Waals surface area (Å²) in [4.78, 5) is 14.5. The van der Waals surface area contributed by atoms with Crippen molar-refractivity contribution in [2.45, 2.75) is 0 Å². The molecular formula is C16H25N3O3. The predicted octanol–water partition coefficient (Wildman–Crippen LogP) is 0.332. The number of nitrogens with two attached hydrogens (primary N) is 1. The fourth-order valence-electron chi connectivity index (χ4n) is 2.42. The highest BCUT2D eigenvalue weighted by atomic mass is 16.5. The van der Waals surface area contributed by atoms with E-state index in [-0.39, 0.29) is 5.91 Å². The molecule has 6 nitrogen and oxygen atoms in total. The molecule has 0 radical (unpaired) electrons. The van der Waals surface area contributed by atoms with Crippen molar-refractivity contribution >= 4 is 5.91 Å². The number of likely N-dealkylation sites (N-methyl/N-ethyl adjacent to an activating group) is 1. The molecule has 0 spiro atoms. The van der Waals surface area contributed by atoms with Crippen LogP contribution >= 0.6 is 0 Å². The summed E-state index contributed by atoms with van der Waals surface area (Å²) in [5.74, 6) is 0.883. The fourth-order valence-corrected chi connectivity index (χ4v) is 2.42. The molecule has 0 unspecified atom stereocenters. The molecule has 1 saturated heterocycles. The standard InChI is InChI=1S/C16H25N3O3/c1-19-6-8-21-12-13(11-19)10-18-16(20)14-3-2-4-15(9-14)22-7-5-17/h2-4,9,13H,5-8,10-12,17H2,1H3,(H,18,20)/t13-/m1/s1. The van der Waals surface area contributed by atoms with Crippen molar-refractivity contribution in [1.29, 1.82) is 0 Å². The highest BCUT2D eigenvalue weighted by molar-refractivity contribution is 5.94. The molecule has 1 aliphatic rings. The van der Waals surface area contributed by atoms with E-state index in [1.807, 2.05) is 12.1 Å². The summed E-state index contributed by atoms with van der Waals surface area (Å²) < 4.78 is 11.0. The van der Waals surface area contributed by atoms with Crippen molar-refractivity contribution in [2.24, 2.45) is 11.7 Å². The molecule has 3 N–H and O–H groups in total. The predicted molar refractivity (Wildman–Crippen MR) is 85.1 cm³/mol. The van der Waals surface area contributed by atoms with Gasteiger partial charge in [-0.15, -0.1) is 0 Å². The van der Waals surface area contributed by atoms with Gasteiger partial charge in [0.05, 0.1) is 13.2 Å². The largest absolute Gasteiger partial charge is 0.492 e. The van der Waals surface area contributed by atoms with Crippen molar-refractivity contribution in [3.05, 3.63) is 29.8 Å². The van der Waals surface area contributed by atoms with Crippen LogP contribution in [-0.2, 0) is 4.74 Å². The van der Waals surface area contributed by atoms with Gasteiger partial charge in [-0.05, 0) is 25.2 Å². The minimum atomic E-state index is -0.0925. The molecule has 1 aromatic carbocycles. The molecule has 0 saturated carbocycles. The van der Waals surface area contributed by atoms with Crippen LogP contribution in [-0.4, -0.2) is 63.9 Å². The fraction of sp³-hybridized carbons (Fsp3) is 0.562. The van der Waals surface area contributed by atoms with Gasteiger partial charge in [0.15, 0.2) is 0 Å². The van der Waals surface area contributed by atoms with Gasteiger partial charge < -0.3 is 25.4 Å². The van der Waals surface area contributed by atoms with Crippen molar-refractivity contribution in [1.82, 2.24) is 10.2 Å². The molecule has 6 heteroatoms. The van der Waals surface area contributed by atoms with Crippen LogP contribution in [0.1, 0.15) is 10.4 Å². The zero-order valence-electron chi connectivity index (χ0n) is 13.1. The van der Waals surface area contributed by atoms with E-state index < -0.39 is 0 Å². The number of rotatable bonds is 6. The number of carbonyl (C=O) groups excluding carboxylic acids is 1. The number of hydrogen-bond acceptors (Lipinski definition) is 5. The highest BCUT2D eigenvalue weighted by Crippen LogP contribution is 2.13. The Hall–Kier alpha value is -1.63. The third-order valence-corrected chi connectivity index (χ3v) is 3.57. The number of nitrogens with zero attached hydrogens (tertiary/aromatic N) is 1. The van der Waals surface area contributed by atoms with Crippen LogP contribution < -0.4 is 15.8 Å². The van der Waals surface area contributed by atoms with Crippen molar-refractivity contribution in [3.63, 3.8) is 0 Å². The smallest absolute Gasteiger partial charge is 0.251 e. The molecule has 1 heterocycles. The molecular weight excluding hydrogens is 282 g/mol. The lowest BCUT2D eigenvalue weighted by Crippen LogP contribution is -2.35. The quantitative estimate of drug-likeness (QED) is 0.792. The molecule has 1 aliphatic heterocycles. The van der Waals surface area contributed by atoms with Gasteiger partial charge in [0, 0.05) is 37.7 Å². The number of benzene rings is 1. The van der Waals surface area contributed by atoms with Gasteiger partial charge in [0.2, 0.25) is 0 Å². The Morgan fingerprint density at radius 3 is 3.23 bits per heavy atom. The molecule has 22 heavy (non-hydrogen) atoms. The Balaban J connectivity index is 1.86. The van der Waals surface area contributed by atoms with E-state index in [9.17, 15) is 4.79 Å². The van der Waals surface area contributed by atoms with E-state index in [0.29, 0.717) is 43.5 Å². The summed E-state index contributed by atoms with van der Waals surface area (Å²) in [5.41, 5.74) is 6.00.